The van der Waals surface area contributed by atoms with E-state index >= 15 is 0 Å². The van der Waals surface area contributed by atoms with Crippen molar-refractivity contribution in [3.63, 3.8) is 0 Å². The number of hydrogen-bond donors (Lipinski definition) is 2. The van der Waals surface area contributed by atoms with Crippen LogP contribution < -0.4 is 10.6 Å². The number of aliphatic imine (C=N–C) groups is 1. The van der Waals surface area contributed by atoms with Crippen LogP contribution in [0.4, 0.5) is 9.18 Å². The molecule has 1 aliphatic rings. The first kappa shape index (κ1) is 21.9. The third-order valence-corrected chi connectivity index (χ3v) is 4.64. The quantitative estimate of drug-likeness (QED) is 0.573. The molecular formula is C20H32FN5O2. The number of nitrogens with one attached hydrogen (secondary N) is 2. The van der Waals surface area contributed by atoms with E-state index in [4.69, 9.17) is 4.74 Å². The first-order chi connectivity index (χ1) is 13.4. The fraction of sp³-hybridized carbons (Fsp3) is 0.600. The van der Waals surface area contributed by atoms with Crippen molar-refractivity contribution in [1.29, 1.82) is 0 Å². The lowest BCUT2D eigenvalue weighted by molar-refractivity contribution is 0.0963. The molecule has 0 unspecified atom stereocenters. The Kier molecular flexibility index (Phi) is 8.50. The summed E-state index contributed by atoms with van der Waals surface area (Å²) >= 11 is 0. The predicted molar refractivity (Wildman–Crippen MR) is 109 cm³/mol. The van der Waals surface area contributed by atoms with Crippen molar-refractivity contribution in [1.82, 2.24) is 20.4 Å². The molecule has 0 bridgehead atoms. The Morgan fingerprint density at radius 2 is 2.07 bits per heavy atom. The summed E-state index contributed by atoms with van der Waals surface area (Å²) in [5.74, 6) is 0.515. The smallest absolute Gasteiger partial charge is 0.409 e. The molecule has 1 heterocycles. The minimum Gasteiger partial charge on any atom is -0.450 e. The summed E-state index contributed by atoms with van der Waals surface area (Å²) in [6.07, 6.45) is 1.43. The van der Waals surface area contributed by atoms with Gasteiger partial charge in [-0.3, -0.25) is 4.99 Å². The van der Waals surface area contributed by atoms with Gasteiger partial charge in [-0.25, -0.2) is 9.18 Å². The zero-order chi connectivity index (χ0) is 20.5. The molecule has 8 heteroatoms. The number of ether oxygens (including phenoxy) is 1. The van der Waals surface area contributed by atoms with Gasteiger partial charge in [0.15, 0.2) is 5.96 Å². The standard InChI is InChI=1S/C20H32FN5O2/c1-5-28-20(27)26-10-8-17(9-11-26)24-19(22-2)23-13-15-6-7-18(21)16(12-15)14-25(3)4/h6-7,12,17H,5,8-11,13-14H2,1-4H3,(H2,22,23,24). The molecule has 0 aliphatic carbocycles. The van der Waals surface area contributed by atoms with E-state index in [-0.39, 0.29) is 18.0 Å². The van der Waals surface area contributed by atoms with Gasteiger partial charge in [0.25, 0.3) is 0 Å². The van der Waals surface area contributed by atoms with Crippen LogP contribution in [-0.2, 0) is 17.8 Å². The highest BCUT2D eigenvalue weighted by Crippen LogP contribution is 2.13. The highest BCUT2D eigenvalue weighted by atomic mass is 19.1. The number of piperidine rings is 1. The van der Waals surface area contributed by atoms with Gasteiger partial charge in [0.1, 0.15) is 5.82 Å². The van der Waals surface area contributed by atoms with Crippen LogP contribution in [-0.4, -0.2) is 68.7 Å². The molecule has 0 atom stereocenters. The number of halogens is 1. The number of likely N-dealkylation sites (tertiary alicyclic amines) is 1. The van der Waals surface area contributed by atoms with Crippen molar-refractivity contribution >= 4 is 12.1 Å². The number of carbonyl (C=O) groups excluding carboxylic acids is 1. The molecule has 156 valence electrons. The van der Waals surface area contributed by atoms with Crippen LogP contribution in [0.25, 0.3) is 0 Å². The van der Waals surface area contributed by atoms with Gasteiger partial charge in [-0.05, 0) is 51.6 Å². The van der Waals surface area contributed by atoms with Crippen molar-refractivity contribution in [2.24, 2.45) is 4.99 Å². The number of nitrogens with zero attached hydrogens (tertiary/aromatic N) is 3. The molecule has 0 radical (unpaired) electrons. The summed E-state index contributed by atoms with van der Waals surface area (Å²) < 4.78 is 19.0. The third kappa shape index (κ3) is 6.67. The molecule has 1 fully saturated rings. The van der Waals surface area contributed by atoms with E-state index in [1.165, 1.54) is 6.07 Å². The number of benzene rings is 1. The molecule has 2 N–H and O–H groups in total. The van der Waals surface area contributed by atoms with Crippen LogP contribution in [0.3, 0.4) is 0 Å². The fourth-order valence-corrected chi connectivity index (χ4v) is 3.19. The Morgan fingerprint density at radius 1 is 1.36 bits per heavy atom. The van der Waals surface area contributed by atoms with Crippen LogP contribution in [0.1, 0.15) is 30.9 Å². The molecule has 1 amide bonds. The molecule has 1 aromatic carbocycles. The Morgan fingerprint density at radius 3 is 2.68 bits per heavy atom. The molecule has 1 saturated heterocycles. The molecule has 0 spiro atoms. The van der Waals surface area contributed by atoms with Crippen LogP contribution >= 0.6 is 0 Å². The van der Waals surface area contributed by atoms with Crippen molar-refractivity contribution in [3.05, 3.63) is 35.1 Å². The fourth-order valence-electron chi connectivity index (χ4n) is 3.19. The van der Waals surface area contributed by atoms with Gasteiger partial charge in [-0.1, -0.05) is 6.07 Å². The summed E-state index contributed by atoms with van der Waals surface area (Å²) in [7, 11) is 5.57. The second-order valence-electron chi connectivity index (χ2n) is 7.19. The third-order valence-electron chi connectivity index (χ3n) is 4.64. The Labute approximate surface area is 166 Å². The molecule has 1 aromatic rings. The van der Waals surface area contributed by atoms with E-state index in [0.717, 1.165) is 18.4 Å². The number of guanidine groups is 1. The van der Waals surface area contributed by atoms with Gasteiger partial charge < -0.3 is 25.2 Å². The van der Waals surface area contributed by atoms with Crippen molar-refractivity contribution < 1.29 is 13.9 Å². The van der Waals surface area contributed by atoms with Crippen molar-refractivity contribution in [2.75, 3.05) is 40.8 Å². The SMILES string of the molecule is CCOC(=O)N1CCC(NC(=NC)NCc2ccc(F)c(CN(C)C)c2)CC1. The number of carbonyl (C=O) groups is 1. The van der Waals surface area contributed by atoms with Gasteiger partial charge in [0.2, 0.25) is 0 Å². The van der Waals surface area contributed by atoms with Crippen LogP contribution in [0.15, 0.2) is 23.2 Å². The minimum absolute atomic E-state index is 0.187. The topological polar surface area (TPSA) is 69.2 Å². The maximum Gasteiger partial charge on any atom is 0.409 e. The first-order valence-electron chi connectivity index (χ1n) is 9.73. The summed E-state index contributed by atoms with van der Waals surface area (Å²) in [5, 5.41) is 6.69. The lowest BCUT2D eigenvalue weighted by Crippen LogP contribution is -2.49. The van der Waals surface area contributed by atoms with Crippen LogP contribution in [0.5, 0.6) is 0 Å². The Balaban J connectivity index is 1.83. The Hall–Kier alpha value is -2.35. The maximum absolute atomic E-state index is 13.9. The predicted octanol–water partition coefficient (Wildman–Crippen LogP) is 2.17. The highest BCUT2D eigenvalue weighted by molar-refractivity contribution is 5.80. The van der Waals surface area contributed by atoms with Crippen LogP contribution in [0, 0.1) is 5.82 Å². The molecular weight excluding hydrogens is 361 g/mol. The van der Waals surface area contributed by atoms with Gasteiger partial charge in [-0.2, -0.15) is 0 Å². The first-order valence-corrected chi connectivity index (χ1v) is 9.73. The summed E-state index contributed by atoms with van der Waals surface area (Å²) in [4.78, 5) is 19.7. The summed E-state index contributed by atoms with van der Waals surface area (Å²) in [5.41, 5.74) is 1.68. The van der Waals surface area contributed by atoms with E-state index in [2.05, 4.69) is 15.6 Å². The normalized spacial score (nSPS) is 15.6. The largest absolute Gasteiger partial charge is 0.450 e. The van der Waals surface area contributed by atoms with E-state index in [0.29, 0.717) is 44.3 Å². The lowest BCUT2D eigenvalue weighted by Gasteiger charge is -2.32. The molecule has 0 saturated carbocycles. The van der Waals surface area contributed by atoms with E-state index in [9.17, 15) is 9.18 Å². The minimum atomic E-state index is -0.242. The molecule has 28 heavy (non-hydrogen) atoms. The van der Waals surface area contributed by atoms with E-state index in [1.54, 1.807) is 18.0 Å². The average molecular weight is 394 g/mol. The Bertz CT molecular complexity index is 673. The van der Waals surface area contributed by atoms with Gasteiger partial charge >= 0.3 is 6.09 Å². The second kappa shape index (κ2) is 10.8. The monoisotopic (exact) mass is 393 g/mol. The maximum atomic E-state index is 13.9. The van der Waals surface area contributed by atoms with Crippen molar-refractivity contribution in [2.45, 2.75) is 38.9 Å². The molecule has 2 rings (SSSR count). The molecule has 7 nitrogen and oxygen atoms in total. The number of hydrogen-bond acceptors (Lipinski definition) is 4. The lowest BCUT2D eigenvalue weighted by atomic mass is 10.1. The van der Waals surface area contributed by atoms with Gasteiger partial charge in [0, 0.05) is 44.8 Å². The van der Waals surface area contributed by atoms with E-state index < -0.39 is 0 Å². The zero-order valence-corrected chi connectivity index (χ0v) is 17.3. The van der Waals surface area contributed by atoms with Gasteiger partial charge in [-0.15, -0.1) is 0 Å². The number of amides is 1. The molecule has 1 aliphatic heterocycles. The second-order valence-corrected chi connectivity index (χ2v) is 7.19. The zero-order valence-electron chi connectivity index (χ0n) is 17.3. The summed E-state index contributed by atoms with van der Waals surface area (Å²) in [6.45, 7) is 4.66. The van der Waals surface area contributed by atoms with Crippen molar-refractivity contribution in [3.8, 4) is 0 Å². The van der Waals surface area contributed by atoms with Crippen LogP contribution in [0.2, 0.25) is 0 Å². The van der Waals surface area contributed by atoms with Gasteiger partial charge in [0.05, 0.1) is 6.61 Å². The molecule has 0 aromatic heterocycles. The number of rotatable bonds is 6. The average Bonchev–Trinajstić information content (AvgIpc) is 2.67. The highest BCUT2D eigenvalue weighted by Gasteiger charge is 2.24. The van der Waals surface area contributed by atoms with E-state index in [1.807, 2.05) is 32.0 Å². The summed E-state index contributed by atoms with van der Waals surface area (Å²) in [6, 6.07) is 5.42.